The summed E-state index contributed by atoms with van der Waals surface area (Å²) in [5, 5.41) is 1.04. The van der Waals surface area contributed by atoms with Crippen molar-refractivity contribution < 1.29 is 18.0 Å². The summed E-state index contributed by atoms with van der Waals surface area (Å²) in [6.45, 7) is 1.59. The van der Waals surface area contributed by atoms with Crippen LogP contribution in [0, 0.1) is 0 Å². The van der Waals surface area contributed by atoms with Gasteiger partial charge in [0.25, 0.3) is 5.91 Å². The van der Waals surface area contributed by atoms with Gasteiger partial charge in [-0.1, -0.05) is 30.3 Å². The Labute approximate surface area is 175 Å². The Kier molecular flexibility index (Phi) is 5.34. The number of piperazine rings is 1. The van der Waals surface area contributed by atoms with Gasteiger partial charge in [0.2, 0.25) is 5.91 Å². The Morgan fingerprint density at radius 2 is 1.57 bits per heavy atom. The number of aromatic nitrogens is 1. The molecule has 1 aromatic heterocycles. The lowest BCUT2D eigenvalue weighted by molar-refractivity contribution is -0.131. The molecule has 8 heteroatoms. The van der Waals surface area contributed by atoms with Crippen molar-refractivity contribution >= 4 is 32.6 Å². The predicted molar refractivity (Wildman–Crippen MR) is 114 cm³/mol. The molecule has 2 amide bonds. The molecule has 0 saturated carbocycles. The van der Waals surface area contributed by atoms with Gasteiger partial charge in [0.1, 0.15) is 0 Å². The zero-order valence-electron chi connectivity index (χ0n) is 16.7. The number of H-pyrrole nitrogens is 1. The van der Waals surface area contributed by atoms with E-state index < -0.39 is 9.84 Å². The number of rotatable bonds is 4. The molecule has 3 aromatic rings. The van der Waals surface area contributed by atoms with Crippen LogP contribution in [0.1, 0.15) is 15.9 Å². The van der Waals surface area contributed by atoms with Gasteiger partial charge in [0.05, 0.1) is 16.9 Å². The van der Waals surface area contributed by atoms with Crippen LogP contribution in [0.4, 0.5) is 0 Å². The molecule has 1 aliphatic rings. The van der Waals surface area contributed by atoms with Crippen LogP contribution < -0.4 is 0 Å². The molecule has 2 aromatic carbocycles. The number of aromatic amines is 1. The molecule has 30 heavy (non-hydrogen) atoms. The van der Waals surface area contributed by atoms with E-state index >= 15 is 0 Å². The van der Waals surface area contributed by atoms with Gasteiger partial charge < -0.3 is 14.8 Å². The first-order chi connectivity index (χ1) is 14.3. The van der Waals surface area contributed by atoms with Gasteiger partial charge in [0, 0.05) is 49.5 Å². The number of hydrogen-bond donors (Lipinski definition) is 1. The average molecular weight is 426 g/mol. The second-order valence-corrected chi connectivity index (χ2v) is 9.46. The maximum absolute atomic E-state index is 12.9. The van der Waals surface area contributed by atoms with Gasteiger partial charge in [-0.2, -0.15) is 0 Å². The highest BCUT2D eigenvalue weighted by Crippen LogP contribution is 2.20. The standard InChI is InChI=1S/C22H23N3O4S/c1-30(28,29)20-9-5-3-7-18(20)22(27)25-12-10-24(11-13-25)21(26)14-16-15-23-19-8-4-2-6-17(16)19/h2-9,15,23H,10-14H2,1H3. The van der Waals surface area contributed by atoms with Crippen LogP contribution in [0.3, 0.4) is 0 Å². The Hall–Kier alpha value is -3.13. The first kappa shape index (κ1) is 20.2. The molecule has 156 valence electrons. The number of para-hydroxylation sites is 1. The lowest BCUT2D eigenvalue weighted by Gasteiger charge is -2.35. The van der Waals surface area contributed by atoms with Crippen molar-refractivity contribution in [1.29, 1.82) is 0 Å². The van der Waals surface area contributed by atoms with E-state index in [1.54, 1.807) is 21.9 Å². The highest BCUT2D eigenvalue weighted by atomic mass is 32.2. The number of nitrogens with one attached hydrogen (secondary N) is 1. The van der Waals surface area contributed by atoms with Crippen LogP contribution in [0.15, 0.2) is 59.6 Å². The van der Waals surface area contributed by atoms with Crippen molar-refractivity contribution in [2.24, 2.45) is 0 Å². The number of sulfone groups is 1. The summed E-state index contributed by atoms with van der Waals surface area (Å²) in [5.74, 6) is -0.303. The van der Waals surface area contributed by atoms with Crippen molar-refractivity contribution in [3.05, 3.63) is 65.9 Å². The first-order valence-corrected chi connectivity index (χ1v) is 11.6. The largest absolute Gasteiger partial charge is 0.361 e. The average Bonchev–Trinajstić information content (AvgIpc) is 3.15. The van der Waals surface area contributed by atoms with E-state index in [1.807, 2.05) is 30.5 Å². The molecular weight excluding hydrogens is 402 g/mol. The van der Waals surface area contributed by atoms with Gasteiger partial charge in [-0.15, -0.1) is 0 Å². The lowest BCUT2D eigenvalue weighted by Crippen LogP contribution is -2.51. The van der Waals surface area contributed by atoms with Gasteiger partial charge in [-0.25, -0.2) is 8.42 Å². The molecular formula is C22H23N3O4S. The zero-order chi connectivity index (χ0) is 21.3. The molecule has 2 heterocycles. The number of benzene rings is 2. The van der Waals surface area contributed by atoms with Crippen molar-refractivity contribution in [2.75, 3.05) is 32.4 Å². The third-order valence-corrected chi connectivity index (χ3v) is 6.61. The highest BCUT2D eigenvalue weighted by Gasteiger charge is 2.28. The highest BCUT2D eigenvalue weighted by molar-refractivity contribution is 7.90. The van der Waals surface area contributed by atoms with Crippen LogP contribution >= 0.6 is 0 Å². The topological polar surface area (TPSA) is 90.6 Å². The van der Waals surface area contributed by atoms with E-state index in [0.717, 1.165) is 22.7 Å². The molecule has 4 rings (SSSR count). The van der Waals surface area contributed by atoms with Crippen molar-refractivity contribution in [3.63, 3.8) is 0 Å². The Balaban J connectivity index is 1.42. The minimum absolute atomic E-state index is 0.0170. The molecule has 1 saturated heterocycles. The van der Waals surface area contributed by atoms with E-state index in [4.69, 9.17) is 0 Å². The molecule has 0 unspecified atom stereocenters. The van der Waals surface area contributed by atoms with E-state index in [-0.39, 0.29) is 22.3 Å². The van der Waals surface area contributed by atoms with Crippen molar-refractivity contribution in [2.45, 2.75) is 11.3 Å². The van der Waals surface area contributed by atoms with E-state index in [1.165, 1.54) is 12.1 Å². The number of carbonyl (C=O) groups is 2. The normalized spacial score (nSPS) is 14.8. The van der Waals surface area contributed by atoms with Crippen LogP contribution in [0.5, 0.6) is 0 Å². The summed E-state index contributed by atoms with van der Waals surface area (Å²) >= 11 is 0. The van der Waals surface area contributed by atoms with E-state index in [0.29, 0.717) is 32.6 Å². The molecule has 0 aliphatic carbocycles. The van der Waals surface area contributed by atoms with E-state index in [2.05, 4.69) is 4.98 Å². The monoisotopic (exact) mass is 425 g/mol. The van der Waals surface area contributed by atoms with Gasteiger partial charge in [-0.3, -0.25) is 9.59 Å². The summed E-state index contributed by atoms with van der Waals surface area (Å²) in [5.41, 5.74) is 2.13. The summed E-state index contributed by atoms with van der Waals surface area (Å²) in [4.78, 5) is 32.3. The van der Waals surface area contributed by atoms with Gasteiger partial charge in [0.15, 0.2) is 9.84 Å². The number of nitrogens with zero attached hydrogens (tertiary/aromatic N) is 2. The third-order valence-electron chi connectivity index (χ3n) is 5.45. The third kappa shape index (κ3) is 3.95. The molecule has 1 aliphatic heterocycles. The summed E-state index contributed by atoms with van der Waals surface area (Å²) in [6.07, 6.45) is 3.26. The van der Waals surface area contributed by atoms with Crippen molar-refractivity contribution in [1.82, 2.24) is 14.8 Å². The molecule has 1 fully saturated rings. The number of amides is 2. The zero-order valence-corrected chi connectivity index (χ0v) is 17.5. The minimum Gasteiger partial charge on any atom is -0.361 e. The molecule has 0 atom stereocenters. The Morgan fingerprint density at radius 1 is 0.933 bits per heavy atom. The van der Waals surface area contributed by atoms with Crippen molar-refractivity contribution in [3.8, 4) is 0 Å². The predicted octanol–water partition coefficient (Wildman–Crippen LogP) is 2.10. The second-order valence-electron chi connectivity index (χ2n) is 7.48. The fourth-order valence-electron chi connectivity index (χ4n) is 3.85. The van der Waals surface area contributed by atoms with Crippen LogP contribution in [-0.4, -0.2) is 67.5 Å². The number of hydrogen-bond acceptors (Lipinski definition) is 4. The van der Waals surface area contributed by atoms with Gasteiger partial charge in [-0.05, 0) is 23.8 Å². The van der Waals surface area contributed by atoms with Gasteiger partial charge >= 0.3 is 0 Å². The van der Waals surface area contributed by atoms with E-state index in [9.17, 15) is 18.0 Å². The van der Waals surface area contributed by atoms with Crippen LogP contribution in [0.25, 0.3) is 10.9 Å². The summed E-state index contributed by atoms with van der Waals surface area (Å²) < 4.78 is 24.0. The summed E-state index contributed by atoms with van der Waals surface area (Å²) in [6, 6.07) is 14.1. The Morgan fingerprint density at radius 3 is 2.30 bits per heavy atom. The number of carbonyl (C=O) groups excluding carboxylic acids is 2. The molecule has 0 bridgehead atoms. The SMILES string of the molecule is CS(=O)(=O)c1ccccc1C(=O)N1CCN(C(=O)Cc2c[nH]c3ccccc23)CC1. The molecule has 7 nitrogen and oxygen atoms in total. The molecule has 1 N–H and O–H groups in total. The minimum atomic E-state index is -3.50. The quantitative estimate of drug-likeness (QED) is 0.693. The fraction of sp³-hybridized carbons (Fsp3) is 0.273. The van der Waals surface area contributed by atoms with Crippen LogP contribution in [0.2, 0.25) is 0 Å². The molecule has 0 radical (unpaired) electrons. The maximum atomic E-state index is 12.9. The molecule has 0 spiro atoms. The van der Waals surface area contributed by atoms with Crippen LogP contribution in [-0.2, 0) is 21.1 Å². The Bertz CT molecular complexity index is 1210. The lowest BCUT2D eigenvalue weighted by atomic mass is 10.1. The smallest absolute Gasteiger partial charge is 0.255 e. The fourth-order valence-corrected chi connectivity index (χ4v) is 4.73. The number of fused-ring (bicyclic) bond motifs is 1. The second kappa shape index (κ2) is 7.95. The summed E-state index contributed by atoms with van der Waals surface area (Å²) in [7, 11) is -3.50. The first-order valence-electron chi connectivity index (χ1n) is 9.76. The maximum Gasteiger partial charge on any atom is 0.255 e.